The van der Waals surface area contributed by atoms with Gasteiger partial charge in [0.15, 0.2) is 5.13 Å². The van der Waals surface area contributed by atoms with Crippen molar-refractivity contribution in [1.29, 1.82) is 0 Å². The monoisotopic (exact) mass is 427 g/mol. The van der Waals surface area contributed by atoms with E-state index in [4.69, 9.17) is 11.6 Å². The molecule has 0 saturated carbocycles. The van der Waals surface area contributed by atoms with Gasteiger partial charge in [0, 0.05) is 29.1 Å². The Morgan fingerprint density at radius 3 is 2.81 bits per heavy atom. The number of amides is 1. The summed E-state index contributed by atoms with van der Waals surface area (Å²) >= 11 is 7.25. The van der Waals surface area contributed by atoms with Crippen LogP contribution in [-0.2, 0) is 14.8 Å². The number of rotatable bonds is 6. The van der Waals surface area contributed by atoms with Crippen molar-refractivity contribution in [2.45, 2.75) is 26.2 Å². The van der Waals surface area contributed by atoms with E-state index >= 15 is 0 Å². The fourth-order valence-corrected chi connectivity index (χ4v) is 5.53. The predicted octanol–water partition coefficient (Wildman–Crippen LogP) is 3.85. The van der Waals surface area contributed by atoms with Gasteiger partial charge in [-0.05, 0) is 31.4 Å². The molecule has 0 aliphatic carbocycles. The Morgan fingerprint density at radius 2 is 2.11 bits per heavy atom. The molecule has 1 fully saturated rings. The summed E-state index contributed by atoms with van der Waals surface area (Å²) in [7, 11) is -3.28. The van der Waals surface area contributed by atoms with Crippen LogP contribution in [0.2, 0.25) is 5.02 Å². The van der Waals surface area contributed by atoms with Crippen LogP contribution >= 0.6 is 22.9 Å². The fraction of sp³-hybridized carbons (Fsp3) is 0.444. The van der Waals surface area contributed by atoms with Gasteiger partial charge in [-0.2, -0.15) is 0 Å². The Kier molecular flexibility index (Phi) is 6.52. The first-order valence-electron chi connectivity index (χ1n) is 8.89. The van der Waals surface area contributed by atoms with E-state index in [9.17, 15) is 13.2 Å². The highest BCUT2D eigenvalue weighted by molar-refractivity contribution is 7.89. The quantitative estimate of drug-likeness (QED) is 0.759. The largest absolute Gasteiger partial charge is 0.302 e. The summed E-state index contributed by atoms with van der Waals surface area (Å²) in [6.07, 6.45) is 1.94. The summed E-state index contributed by atoms with van der Waals surface area (Å²) in [6.45, 7) is 2.57. The first-order valence-corrected chi connectivity index (χ1v) is 11.8. The topological polar surface area (TPSA) is 79.4 Å². The lowest BCUT2D eigenvalue weighted by molar-refractivity contribution is -0.120. The van der Waals surface area contributed by atoms with Gasteiger partial charge in [-0.1, -0.05) is 30.7 Å². The van der Waals surface area contributed by atoms with E-state index in [1.165, 1.54) is 15.6 Å². The third-order valence-corrected chi connectivity index (χ3v) is 7.54. The van der Waals surface area contributed by atoms with Crippen LogP contribution in [0.3, 0.4) is 0 Å². The zero-order valence-corrected chi connectivity index (χ0v) is 17.4. The van der Waals surface area contributed by atoms with E-state index in [0.29, 0.717) is 36.0 Å². The maximum absolute atomic E-state index is 12.6. The SMILES string of the molecule is CCCS(=O)(=O)N1CCCC(C(=O)Nc2nc(-c3ccc(Cl)cc3)cs2)C1. The highest BCUT2D eigenvalue weighted by atomic mass is 35.5. The molecule has 27 heavy (non-hydrogen) atoms. The number of thiazole rings is 1. The molecule has 1 aromatic carbocycles. The van der Waals surface area contributed by atoms with Gasteiger partial charge in [-0.15, -0.1) is 11.3 Å². The molecule has 146 valence electrons. The van der Waals surface area contributed by atoms with Crippen molar-refractivity contribution in [2.24, 2.45) is 5.92 Å². The van der Waals surface area contributed by atoms with Crippen molar-refractivity contribution in [3.05, 3.63) is 34.7 Å². The average molecular weight is 428 g/mol. The van der Waals surface area contributed by atoms with Crippen LogP contribution in [0.1, 0.15) is 26.2 Å². The molecule has 1 saturated heterocycles. The molecule has 3 rings (SSSR count). The number of anilines is 1. The van der Waals surface area contributed by atoms with Crippen LogP contribution in [-0.4, -0.2) is 42.5 Å². The summed E-state index contributed by atoms with van der Waals surface area (Å²) in [6, 6.07) is 7.34. The number of aromatic nitrogens is 1. The Morgan fingerprint density at radius 1 is 1.37 bits per heavy atom. The maximum Gasteiger partial charge on any atom is 0.230 e. The van der Waals surface area contributed by atoms with Gasteiger partial charge in [0.1, 0.15) is 0 Å². The summed E-state index contributed by atoms with van der Waals surface area (Å²) in [5.41, 5.74) is 1.69. The smallest absolute Gasteiger partial charge is 0.230 e. The van der Waals surface area contributed by atoms with Crippen LogP contribution in [0.15, 0.2) is 29.6 Å². The molecule has 0 bridgehead atoms. The van der Waals surface area contributed by atoms with Gasteiger partial charge in [-0.3, -0.25) is 4.79 Å². The van der Waals surface area contributed by atoms with Crippen molar-refractivity contribution in [2.75, 3.05) is 24.2 Å². The van der Waals surface area contributed by atoms with E-state index < -0.39 is 10.0 Å². The normalized spacial score (nSPS) is 18.4. The number of nitrogens with zero attached hydrogens (tertiary/aromatic N) is 2. The lowest BCUT2D eigenvalue weighted by atomic mass is 9.99. The number of hydrogen-bond donors (Lipinski definition) is 1. The number of benzene rings is 1. The molecule has 1 unspecified atom stereocenters. The minimum absolute atomic E-state index is 0.123. The van der Waals surface area contributed by atoms with Crippen molar-refractivity contribution >= 4 is 44.0 Å². The lowest BCUT2D eigenvalue weighted by Gasteiger charge is -2.30. The number of nitrogens with one attached hydrogen (secondary N) is 1. The van der Waals surface area contributed by atoms with E-state index in [-0.39, 0.29) is 24.1 Å². The number of hydrogen-bond acceptors (Lipinski definition) is 5. The summed E-state index contributed by atoms with van der Waals surface area (Å²) in [5.74, 6) is -0.408. The summed E-state index contributed by atoms with van der Waals surface area (Å²) in [4.78, 5) is 17.1. The molecule has 1 N–H and O–H groups in total. The van der Waals surface area contributed by atoms with Gasteiger partial charge in [0.2, 0.25) is 15.9 Å². The molecule has 2 heterocycles. The van der Waals surface area contributed by atoms with Crippen LogP contribution < -0.4 is 5.32 Å². The second-order valence-electron chi connectivity index (χ2n) is 6.55. The second kappa shape index (κ2) is 8.68. The summed E-state index contributed by atoms with van der Waals surface area (Å²) < 4.78 is 26.0. The zero-order valence-electron chi connectivity index (χ0n) is 15.0. The van der Waals surface area contributed by atoms with Crippen molar-refractivity contribution in [3.63, 3.8) is 0 Å². The van der Waals surface area contributed by atoms with E-state index in [2.05, 4.69) is 10.3 Å². The zero-order chi connectivity index (χ0) is 19.4. The molecular formula is C18H22ClN3O3S2. The Bertz CT molecular complexity index is 897. The number of piperidine rings is 1. The van der Waals surface area contributed by atoms with Gasteiger partial charge >= 0.3 is 0 Å². The molecule has 1 aromatic heterocycles. The average Bonchev–Trinajstić information content (AvgIpc) is 3.11. The molecular weight excluding hydrogens is 406 g/mol. The molecule has 9 heteroatoms. The van der Waals surface area contributed by atoms with Crippen LogP contribution in [0.5, 0.6) is 0 Å². The Balaban J connectivity index is 1.64. The predicted molar refractivity (Wildman–Crippen MR) is 110 cm³/mol. The molecule has 1 aliphatic heterocycles. The van der Waals surface area contributed by atoms with Crippen molar-refractivity contribution < 1.29 is 13.2 Å². The Labute approximate surface area is 168 Å². The van der Waals surface area contributed by atoms with Gasteiger partial charge in [-0.25, -0.2) is 17.7 Å². The van der Waals surface area contributed by atoms with E-state index in [1.807, 2.05) is 24.4 Å². The fourth-order valence-electron chi connectivity index (χ4n) is 3.09. The first-order chi connectivity index (χ1) is 12.9. The van der Waals surface area contributed by atoms with Gasteiger partial charge < -0.3 is 5.32 Å². The highest BCUT2D eigenvalue weighted by Gasteiger charge is 2.32. The van der Waals surface area contributed by atoms with Crippen LogP contribution in [0.25, 0.3) is 11.3 Å². The van der Waals surface area contributed by atoms with Gasteiger partial charge in [0.05, 0.1) is 17.4 Å². The van der Waals surface area contributed by atoms with Crippen LogP contribution in [0, 0.1) is 5.92 Å². The van der Waals surface area contributed by atoms with E-state index in [1.54, 1.807) is 12.1 Å². The minimum atomic E-state index is -3.28. The maximum atomic E-state index is 12.6. The molecule has 1 amide bonds. The Hall–Kier alpha value is -1.48. The van der Waals surface area contributed by atoms with Crippen molar-refractivity contribution in [3.8, 4) is 11.3 Å². The number of sulfonamides is 1. The second-order valence-corrected chi connectivity index (χ2v) is 9.93. The van der Waals surface area contributed by atoms with Crippen LogP contribution in [0.4, 0.5) is 5.13 Å². The number of halogens is 1. The summed E-state index contributed by atoms with van der Waals surface area (Å²) in [5, 5.41) is 5.88. The first kappa shape index (κ1) is 20.3. The minimum Gasteiger partial charge on any atom is -0.302 e. The molecule has 0 spiro atoms. The number of carbonyl (C=O) groups is 1. The third-order valence-electron chi connectivity index (χ3n) is 4.48. The molecule has 1 atom stereocenters. The molecule has 0 radical (unpaired) electrons. The van der Waals surface area contributed by atoms with Crippen molar-refractivity contribution in [1.82, 2.24) is 9.29 Å². The molecule has 2 aromatic rings. The number of carbonyl (C=O) groups excluding carboxylic acids is 1. The third kappa shape index (κ3) is 5.07. The van der Waals surface area contributed by atoms with E-state index in [0.717, 1.165) is 11.3 Å². The molecule has 6 nitrogen and oxygen atoms in total. The van der Waals surface area contributed by atoms with Gasteiger partial charge in [0.25, 0.3) is 0 Å². The standard InChI is InChI=1S/C18H22ClN3O3S2/c1-2-10-27(24,25)22-9-3-4-14(11-22)17(23)21-18-20-16(12-26-18)13-5-7-15(19)8-6-13/h5-8,12,14H,2-4,9-11H2,1H3,(H,20,21,23). The molecule has 1 aliphatic rings. The lowest BCUT2D eigenvalue weighted by Crippen LogP contribution is -2.44. The highest BCUT2D eigenvalue weighted by Crippen LogP contribution is 2.27.